The van der Waals surface area contributed by atoms with Gasteiger partial charge in [0.1, 0.15) is 5.75 Å². The molecule has 2 aromatic carbocycles. The van der Waals surface area contributed by atoms with Crippen LogP contribution in [-0.4, -0.2) is 17.2 Å². The molecule has 2 rings (SSSR count). The predicted molar refractivity (Wildman–Crippen MR) is 98.7 cm³/mol. The number of carboxylic acids is 1. The monoisotopic (exact) mass is 344 g/mol. The van der Waals surface area contributed by atoms with Gasteiger partial charge in [0, 0.05) is 17.8 Å². The molecule has 0 unspecified atom stereocenters. The zero-order valence-electron chi connectivity index (χ0n) is 14.3. The van der Waals surface area contributed by atoms with E-state index in [2.05, 4.69) is 12.2 Å². The Kier molecular flexibility index (Phi) is 9.22. The molecule has 0 fully saturated rings. The lowest BCUT2D eigenvalue weighted by Gasteiger charge is -2.06. The van der Waals surface area contributed by atoms with E-state index in [1.54, 1.807) is 48.5 Å². The van der Waals surface area contributed by atoms with Gasteiger partial charge in [-0.15, -0.1) is 0 Å². The maximum Gasteiger partial charge on any atom is 0.417 e. The quantitative estimate of drug-likeness (QED) is 0.528. The molecule has 4 N–H and O–H groups in total. The summed E-state index contributed by atoms with van der Waals surface area (Å²) in [5.74, 6) is -0.182. The SMILES string of the molecule is CCCCCC(=O)O.Nc1ccc(NC(=O)Oc2ccccc2)cc1. The molecule has 0 heterocycles. The summed E-state index contributed by atoms with van der Waals surface area (Å²) >= 11 is 0. The largest absolute Gasteiger partial charge is 0.481 e. The summed E-state index contributed by atoms with van der Waals surface area (Å²) in [5.41, 5.74) is 6.82. The lowest BCUT2D eigenvalue weighted by atomic mass is 10.2. The van der Waals surface area contributed by atoms with Crippen LogP contribution < -0.4 is 15.8 Å². The Morgan fingerprint density at radius 3 is 2.24 bits per heavy atom. The average molecular weight is 344 g/mol. The molecule has 2 aromatic rings. The molecule has 0 aliphatic rings. The average Bonchev–Trinajstić information content (AvgIpc) is 2.58. The zero-order valence-corrected chi connectivity index (χ0v) is 14.3. The third kappa shape index (κ3) is 9.65. The number of rotatable bonds is 6. The van der Waals surface area contributed by atoms with Crippen molar-refractivity contribution in [3.63, 3.8) is 0 Å². The summed E-state index contributed by atoms with van der Waals surface area (Å²) < 4.78 is 5.07. The summed E-state index contributed by atoms with van der Waals surface area (Å²) in [5, 5.41) is 10.7. The van der Waals surface area contributed by atoms with Gasteiger partial charge >= 0.3 is 12.1 Å². The van der Waals surface area contributed by atoms with E-state index in [1.807, 2.05) is 6.07 Å². The van der Waals surface area contributed by atoms with Gasteiger partial charge in [0.25, 0.3) is 0 Å². The number of hydrogen-bond acceptors (Lipinski definition) is 4. The fourth-order valence-electron chi connectivity index (χ4n) is 1.83. The first-order chi connectivity index (χ1) is 12.0. The van der Waals surface area contributed by atoms with Crippen LogP contribution in [0.1, 0.15) is 32.6 Å². The summed E-state index contributed by atoms with van der Waals surface area (Å²) in [6.07, 6.45) is 2.75. The smallest absolute Gasteiger partial charge is 0.417 e. The number of anilines is 2. The standard InChI is InChI=1S/C13H12N2O2.C6H12O2/c14-10-6-8-11(9-7-10)15-13(16)17-12-4-2-1-3-5-12;1-2-3-4-5-6(7)8/h1-9H,14H2,(H,15,16);2-5H2,1H3,(H,7,8). The van der Waals surface area contributed by atoms with Crippen molar-refractivity contribution in [2.75, 3.05) is 11.1 Å². The lowest BCUT2D eigenvalue weighted by Crippen LogP contribution is -2.16. The summed E-state index contributed by atoms with van der Waals surface area (Å²) in [7, 11) is 0. The Bertz CT molecular complexity index is 642. The molecule has 0 aliphatic heterocycles. The fourth-order valence-corrected chi connectivity index (χ4v) is 1.83. The van der Waals surface area contributed by atoms with Crippen LogP contribution in [0.4, 0.5) is 16.2 Å². The van der Waals surface area contributed by atoms with Crippen LogP contribution in [0.3, 0.4) is 0 Å². The van der Waals surface area contributed by atoms with Crippen molar-refractivity contribution in [1.29, 1.82) is 0 Å². The Balaban J connectivity index is 0.000000333. The summed E-state index contributed by atoms with van der Waals surface area (Å²) in [6.45, 7) is 2.06. The van der Waals surface area contributed by atoms with Gasteiger partial charge in [-0.25, -0.2) is 4.79 Å². The van der Waals surface area contributed by atoms with Crippen molar-refractivity contribution in [2.45, 2.75) is 32.6 Å². The Hall–Kier alpha value is -3.02. The second kappa shape index (κ2) is 11.5. The van der Waals surface area contributed by atoms with Crippen molar-refractivity contribution in [1.82, 2.24) is 0 Å². The van der Waals surface area contributed by atoms with Gasteiger partial charge in [-0.05, 0) is 42.8 Å². The van der Waals surface area contributed by atoms with Crippen LogP contribution >= 0.6 is 0 Å². The van der Waals surface area contributed by atoms with Crippen LogP contribution in [0, 0.1) is 0 Å². The van der Waals surface area contributed by atoms with Crippen molar-refractivity contribution < 1.29 is 19.4 Å². The summed E-state index contributed by atoms with van der Waals surface area (Å²) in [6, 6.07) is 15.7. The molecular weight excluding hydrogens is 320 g/mol. The predicted octanol–water partition coefficient (Wildman–Crippen LogP) is 4.53. The number of nitrogens with one attached hydrogen (secondary N) is 1. The highest BCUT2D eigenvalue weighted by atomic mass is 16.6. The minimum atomic E-state index is -0.682. The lowest BCUT2D eigenvalue weighted by molar-refractivity contribution is -0.137. The molecule has 0 aromatic heterocycles. The molecule has 6 heteroatoms. The molecule has 0 atom stereocenters. The highest BCUT2D eigenvalue weighted by Crippen LogP contribution is 2.13. The fraction of sp³-hybridized carbons (Fsp3) is 0.263. The molecule has 0 spiro atoms. The first-order valence-corrected chi connectivity index (χ1v) is 8.12. The number of unbranched alkanes of at least 4 members (excludes halogenated alkanes) is 2. The highest BCUT2D eigenvalue weighted by Gasteiger charge is 2.03. The molecule has 0 saturated heterocycles. The molecule has 0 aliphatic carbocycles. The number of carbonyl (C=O) groups is 2. The van der Waals surface area contributed by atoms with E-state index < -0.39 is 12.1 Å². The molecule has 0 saturated carbocycles. The van der Waals surface area contributed by atoms with E-state index in [0.29, 0.717) is 23.5 Å². The number of carbonyl (C=O) groups excluding carboxylic acids is 1. The molecule has 6 nitrogen and oxygen atoms in total. The minimum Gasteiger partial charge on any atom is -0.481 e. The van der Waals surface area contributed by atoms with E-state index >= 15 is 0 Å². The number of hydrogen-bond donors (Lipinski definition) is 3. The third-order valence-electron chi connectivity index (χ3n) is 3.11. The van der Waals surface area contributed by atoms with Crippen LogP contribution in [0.15, 0.2) is 54.6 Å². The van der Waals surface area contributed by atoms with Crippen LogP contribution in [0.2, 0.25) is 0 Å². The first-order valence-electron chi connectivity index (χ1n) is 8.12. The second-order valence-electron chi connectivity index (χ2n) is 5.30. The van der Waals surface area contributed by atoms with Gasteiger partial charge < -0.3 is 15.6 Å². The molecule has 1 amide bonds. The molecule has 0 radical (unpaired) electrons. The maximum absolute atomic E-state index is 11.5. The topological polar surface area (TPSA) is 102 Å². The molecule has 0 bridgehead atoms. The number of amides is 1. The highest BCUT2D eigenvalue weighted by molar-refractivity contribution is 5.86. The van der Waals surface area contributed by atoms with Crippen molar-refractivity contribution in [2.24, 2.45) is 0 Å². The van der Waals surface area contributed by atoms with E-state index in [-0.39, 0.29) is 0 Å². The van der Waals surface area contributed by atoms with E-state index in [4.69, 9.17) is 15.6 Å². The van der Waals surface area contributed by atoms with Crippen molar-refractivity contribution in [3.8, 4) is 5.75 Å². The van der Waals surface area contributed by atoms with Crippen LogP contribution in [-0.2, 0) is 4.79 Å². The van der Waals surface area contributed by atoms with Gasteiger partial charge in [-0.1, -0.05) is 38.0 Å². The minimum absolute atomic E-state index is 0.327. The maximum atomic E-state index is 11.5. The van der Waals surface area contributed by atoms with Gasteiger partial charge in [-0.3, -0.25) is 10.1 Å². The molecule has 25 heavy (non-hydrogen) atoms. The second-order valence-corrected chi connectivity index (χ2v) is 5.30. The van der Waals surface area contributed by atoms with Gasteiger partial charge in [0.2, 0.25) is 0 Å². The van der Waals surface area contributed by atoms with Crippen LogP contribution in [0.5, 0.6) is 5.75 Å². The normalized spacial score (nSPS) is 9.48. The van der Waals surface area contributed by atoms with Crippen LogP contribution in [0.25, 0.3) is 0 Å². The van der Waals surface area contributed by atoms with Crippen molar-refractivity contribution >= 4 is 23.4 Å². The zero-order chi connectivity index (χ0) is 18.5. The summed E-state index contributed by atoms with van der Waals surface area (Å²) in [4.78, 5) is 21.4. The number of nitrogens with two attached hydrogens (primary N) is 1. The van der Waals surface area contributed by atoms with E-state index in [9.17, 15) is 9.59 Å². The number of benzene rings is 2. The Morgan fingerprint density at radius 1 is 1.04 bits per heavy atom. The van der Waals surface area contributed by atoms with E-state index in [0.717, 1.165) is 19.3 Å². The third-order valence-corrected chi connectivity index (χ3v) is 3.11. The first kappa shape index (κ1) is 20.0. The number of aliphatic carboxylic acids is 1. The van der Waals surface area contributed by atoms with E-state index in [1.165, 1.54) is 0 Å². The number of ether oxygens (including phenoxy) is 1. The number of nitrogen functional groups attached to an aromatic ring is 1. The Morgan fingerprint density at radius 2 is 1.68 bits per heavy atom. The van der Waals surface area contributed by atoms with Gasteiger partial charge in [0.15, 0.2) is 0 Å². The number of para-hydroxylation sites is 1. The molecular formula is C19H24N2O4. The Labute approximate surface area is 147 Å². The molecule has 134 valence electrons. The van der Waals surface area contributed by atoms with Gasteiger partial charge in [-0.2, -0.15) is 0 Å². The van der Waals surface area contributed by atoms with Crippen molar-refractivity contribution in [3.05, 3.63) is 54.6 Å². The number of carboxylic acid groups (broad SMARTS) is 1. The van der Waals surface area contributed by atoms with Gasteiger partial charge in [0.05, 0.1) is 0 Å².